The Hall–Kier alpha value is -1.12. The number of rotatable bonds is 3. The summed E-state index contributed by atoms with van der Waals surface area (Å²) in [4.78, 5) is 10.7. The van der Waals surface area contributed by atoms with Crippen molar-refractivity contribution >= 4 is 16.5 Å². The summed E-state index contributed by atoms with van der Waals surface area (Å²) in [6, 6.07) is 2.48. The van der Waals surface area contributed by atoms with E-state index in [1.807, 2.05) is 17.5 Å². The van der Waals surface area contributed by atoms with E-state index in [2.05, 4.69) is 27.8 Å². The second-order valence-corrected chi connectivity index (χ2v) is 7.38. The molecule has 3 heterocycles. The Morgan fingerprint density at radius 1 is 1.35 bits per heavy atom. The van der Waals surface area contributed by atoms with E-state index in [1.165, 1.54) is 22.9 Å². The van der Waals surface area contributed by atoms with Gasteiger partial charge >= 0.3 is 0 Å². The van der Waals surface area contributed by atoms with Gasteiger partial charge < -0.3 is 4.90 Å². The largest absolute Gasteiger partial charge is 0.348 e. The van der Waals surface area contributed by atoms with Gasteiger partial charge in [-0.1, -0.05) is 0 Å². The van der Waals surface area contributed by atoms with Crippen LogP contribution in [-0.2, 0) is 6.54 Å². The van der Waals surface area contributed by atoms with Crippen LogP contribution in [0.5, 0.6) is 0 Å². The smallest absolute Gasteiger partial charge is 0.185 e. The number of thiazole rings is 1. The van der Waals surface area contributed by atoms with E-state index in [4.69, 9.17) is 0 Å². The van der Waals surface area contributed by atoms with E-state index < -0.39 is 0 Å². The predicted octanol–water partition coefficient (Wildman–Crippen LogP) is 2.87. The molecule has 0 N–H and O–H groups in total. The van der Waals surface area contributed by atoms with Gasteiger partial charge in [0.05, 0.1) is 11.5 Å². The lowest BCUT2D eigenvalue weighted by Crippen LogP contribution is -2.40. The SMILES string of the molecule is C[C@@]1(C#N)CCCN(Cc2cnc(N3CCCC3)s2)C1. The molecule has 4 nitrogen and oxygen atoms in total. The van der Waals surface area contributed by atoms with Crippen molar-refractivity contribution < 1.29 is 0 Å². The molecule has 0 spiro atoms. The lowest BCUT2D eigenvalue weighted by Gasteiger charge is -2.35. The van der Waals surface area contributed by atoms with E-state index >= 15 is 0 Å². The quantitative estimate of drug-likeness (QED) is 0.858. The first-order chi connectivity index (χ1) is 9.68. The number of nitrogens with zero attached hydrogens (tertiary/aromatic N) is 4. The van der Waals surface area contributed by atoms with Crippen molar-refractivity contribution in [3.05, 3.63) is 11.1 Å². The topological polar surface area (TPSA) is 43.2 Å². The summed E-state index contributed by atoms with van der Waals surface area (Å²) in [5.74, 6) is 0. The van der Waals surface area contributed by atoms with Gasteiger partial charge in [0.2, 0.25) is 0 Å². The molecule has 1 atom stereocenters. The van der Waals surface area contributed by atoms with Crippen LogP contribution in [0.1, 0.15) is 37.5 Å². The Balaban J connectivity index is 1.62. The van der Waals surface area contributed by atoms with Crippen LogP contribution in [0.3, 0.4) is 0 Å². The first kappa shape index (κ1) is 13.8. The van der Waals surface area contributed by atoms with Crippen LogP contribution in [-0.4, -0.2) is 36.1 Å². The molecule has 0 radical (unpaired) electrons. The molecule has 1 aromatic rings. The minimum atomic E-state index is -0.166. The second-order valence-electron chi connectivity index (χ2n) is 6.29. The monoisotopic (exact) mass is 290 g/mol. The van der Waals surface area contributed by atoms with E-state index in [1.54, 1.807) is 0 Å². The van der Waals surface area contributed by atoms with Gasteiger partial charge in [0.1, 0.15) is 0 Å². The van der Waals surface area contributed by atoms with Crippen LogP contribution in [0.4, 0.5) is 5.13 Å². The molecule has 0 bridgehead atoms. The van der Waals surface area contributed by atoms with Crippen molar-refractivity contribution in [2.75, 3.05) is 31.1 Å². The van der Waals surface area contributed by atoms with Crippen molar-refractivity contribution in [3.8, 4) is 6.07 Å². The molecule has 2 fully saturated rings. The highest BCUT2D eigenvalue weighted by Crippen LogP contribution is 2.31. The third kappa shape index (κ3) is 2.97. The summed E-state index contributed by atoms with van der Waals surface area (Å²) < 4.78 is 0. The lowest BCUT2D eigenvalue weighted by molar-refractivity contribution is 0.138. The molecular weight excluding hydrogens is 268 g/mol. The van der Waals surface area contributed by atoms with Crippen LogP contribution >= 0.6 is 11.3 Å². The van der Waals surface area contributed by atoms with Crippen LogP contribution < -0.4 is 4.90 Å². The molecule has 0 unspecified atom stereocenters. The van der Waals surface area contributed by atoms with Crippen molar-refractivity contribution in [2.24, 2.45) is 5.41 Å². The molecule has 1 aromatic heterocycles. The molecule has 108 valence electrons. The Bertz CT molecular complexity index is 500. The Morgan fingerprint density at radius 3 is 2.90 bits per heavy atom. The van der Waals surface area contributed by atoms with Gasteiger partial charge in [-0.3, -0.25) is 4.90 Å². The summed E-state index contributed by atoms with van der Waals surface area (Å²) in [5, 5.41) is 10.5. The summed E-state index contributed by atoms with van der Waals surface area (Å²) >= 11 is 1.82. The zero-order valence-electron chi connectivity index (χ0n) is 12.1. The van der Waals surface area contributed by atoms with Gasteiger partial charge in [0.15, 0.2) is 5.13 Å². The van der Waals surface area contributed by atoms with Crippen molar-refractivity contribution in [1.29, 1.82) is 5.26 Å². The average molecular weight is 290 g/mol. The normalized spacial score (nSPS) is 27.7. The van der Waals surface area contributed by atoms with E-state index in [0.29, 0.717) is 0 Å². The summed E-state index contributed by atoms with van der Waals surface area (Å²) in [6.07, 6.45) is 6.77. The fourth-order valence-electron chi connectivity index (χ4n) is 3.22. The van der Waals surface area contributed by atoms with E-state index in [0.717, 1.165) is 45.6 Å². The number of hydrogen-bond acceptors (Lipinski definition) is 5. The number of anilines is 1. The van der Waals surface area contributed by atoms with Gasteiger partial charge in [0, 0.05) is 37.3 Å². The highest BCUT2D eigenvalue weighted by atomic mass is 32.1. The van der Waals surface area contributed by atoms with Gasteiger partial charge in [-0.25, -0.2) is 4.98 Å². The average Bonchev–Trinajstić information content (AvgIpc) is 3.09. The third-order valence-corrected chi connectivity index (χ3v) is 5.39. The van der Waals surface area contributed by atoms with E-state index in [-0.39, 0.29) is 5.41 Å². The maximum Gasteiger partial charge on any atom is 0.185 e. The molecule has 20 heavy (non-hydrogen) atoms. The van der Waals surface area contributed by atoms with Crippen LogP contribution in [0.25, 0.3) is 0 Å². The molecule has 0 aromatic carbocycles. The van der Waals surface area contributed by atoms with Crippen molar-refractivity contribution in [1.82, 2.24) is 9.88 Å². The third-order valence-electron chi connectivity index (χ3n) is 4.34. The predicted molar refractivity (Wildman–Crippen MR) is 81.8 cm³/mol. The number of piperidine rings is 1. The van der Waals surface area contributed by atoms with Crippen molar-refractivity contribution in [3.63, 3.8) is 0 Å². The Labute approximate surface area is 125 Å². The first-order valence-electron chi connectivity index (χ1n) is 7.52. The number of nitriles is 1. The molecule has 5 heteroatoms. The summed E-state index contributed by atoms with van der Waals surface area (Å²) in [5.41, 5.74) is -0.166. The fourth-order valence-corrected chi connectivity index (χ4v) is 4.22. The van der Waals surface area contributed by atoms with Crippen LogP contribution in [0.2, 0.25) is 0 Å². The summed E-state index contributed by atoms with van der Waals surface area (Å²) in [7, 11) is 0. The summed E-state index contributed by atoms with van der Waals surface area (Å²) in [6.45, 7) is 7.34. The number of aromatic nitrogens is 1. The standard InChI is InChI=1S/C15H22N4S/c1-15(11-16)5-4-6-18(12-15)10-13-9-17-14(20-13)19-7-2-3-8-19/h9H,2-8,10,12H2,1H3/t15-/m0/s1. The minimum Gasteiger partial charge on any atom is -0.348 e. The molecule has 0 saturated carbocycles. The molecule has 2 saturated heterocycles. The first-order valence-corrected chi connectivity index (χ1v) is 8.33. The number of hydrogen-bond donors (Lipinski definition) is 0. The fraction of sp³-hybridized carbons (Fsp3) is 0.733. The van der Waals surface area contributed by atoms with Crippen molar-refractivity contribution in [2.45, 2.75) is 39.2 Å². The van der Waals surface area contributed by atoms with Crippen LogP contribution in [0.15, 0.2) is 6.20 Å². The van der Waals surface area contributed by atoms with Gasteiger partial charge in [0.25, 0.3) is 0 Å². The molecule has 2 aliphatic heterocycles. The second kappa shape index (κ2) is 5.71. The van der Waals surface area contributed by atoms with E-state index in [9.17, 15) is 5.26 Å². The zero-order chi connectivity index (χ0) is 14.0. The van der Waals surface area contributed by atoms with Gasteiger partial charge in [-0.2, -0.15) is 5.26 Å². The molecule has 2 aliphatic rings. The molecule has 3 rings (SSSR count). The molecular formula is C15H22N4S. The Morgan fingerprint density at radius 2 is 2.15 bits per heavy atom. The molecule has 0 aliphatic carbocycles. The Kier molecular flexibility index (Phi) is 3.95. The maximum absolute atomic E-state index is 9.29. The number of likely N-dealkylation sites (tertiary alicyclic amines) is 1. The lowest BCUT2D eigenvalue weighted by atomic mass is 9.83. The maximum atomic E-state index is 9.29. The molecule has 0 amide bonds. The minimum absolute atomic E-state index is 0.166. The van der Waals surface area contributed by atoms with Crippen LogP contribution in [0, 0.1) is 16.7 Å². The van der Waals surface area contributed by atoms with Gasteiger partial charge in [-0.05, 0) is 39.2 Å². The van der Waals surface area contributed by atoms with Gasteiger partial charge in [-0.15, -0.1) is 11.3 Å². The highest BCUT2D eigenvalue weighted by molar-refractivity contribution is 7.15. The highest BCUT2D eigenvalue weighted by Gasteiger charge is 2.31. The zero-order valence-corrected chi connectivity index (χ0v) is 13.0.